The second-order valence-electron chi connectivity index (χ2n) is 9.36. The Bertz CT molecular complexity index is 868. The number of carboxylic acid groups (broad SMARTS) is 1. The molecule has 0 aliphatic rings. The zero-order chi connectivity index (χ0) is 34.9. The highest BCUT2D eigenvalue weighted by atomic mass is 19.4. The van der Waals surface area contributed by atoms with Crippen molar-refractivity contribution in [3.8, 4) is 5.75 Å². The predicted molar refractivity (Wildman–Crippen MR) is 163 cm³/mol. The molecule has 274 valence electrons. The van der Waals surface area contributed by atoms with Crippen LogP contribution in [0.15, 0.2) is 24.3 Å². The highest BCUT2D eigenvalue weighted by molar-refractivity contribution is 5.75. The summed E-state index contributed by atoms with van der Waals surface area (Å²) in [6.07, 6.45) is -3.26. The van der Waals surface area contributed by atoms with Gasteiger partial charge < -0.3 is 59.2 Å². The molecule has 0 saturated carbocycles. The lowest BCUT2D eigenvalue weighted by Crippen LogP contribution is -2.25. The van der Waals surface area contributed by atoms with Gasteiger partial charge in [-0.3, -0.25) is 4.79 Å². The molecule has 17 heteroatoms. The van der Waals surface area contributed by atoms with Crippen LogP contribution >= 0.6 is 0 Å². The van der Waals surface area contributed by atoms with Crippen molar-refractivity contribution in [2.45, 2.75) is 25.4 Å². The van der Waals surface area contributed by atoms with Gasteiger partial charge in [-0.25, -0.2) is 4.79 Å². The Hall–Kier alpha value is -2.61. The van der Waals surface area contributed by atoms with E-state index in [-0.39, 0.29) is 11.7 Å². The minimum Gasteiger partial charge on any atom is -0.508 e. The number of rotatable bonds is 30. The van der Waals surface area contributed by atoms with Crippen LogP contribution in [0.2, 0.25) is 0 Å². The van der Waals surface area contributed by atoms with Gasteiger partial charge in [-0.05, 0) is 30.5 Å². The van der Waals surface area contributed by atoms with Crippen LogP contribution in [0.25, 0.3) is 0 Å². The Labute approximate surface area is 273 Å². The fourth-order valence-electron chi connectivity index (χ4n) is 3.16. The number of phenols is 1. The molecule has 0 heterocycles. The number of aliphatic carboxylic acids is 1. The van der Waals surface area contributed by atoms with Gasteiger partial charge in [0, 0.05) is 26.1 Å². The highest BCUT2D eigenvalue weighted by Crippen LogP contribution is 2.13. The van der Waals surface area contributed by atoms with E-state index in [9.17, 15) is 23.1 Å². The molecule has 14 nitrogen and oxygen atoms in total. The molecular weight excluding hydrogens is 637 g/mol. The number of hydrogen-bond acceptors (Lipinski definition) is 12. The molecule has 1 aromatic rings. The Balaban J connectivity index is 0.00000270. The first-order chi connectivity index (χ1) is 22.7. The predicted octanol–water partition coefficient (Wildman–Crippen LogP) is 1.56. The van der Waals surface area contributed by atoms with E-state index in [1.54, 1.807) is 12.1 Å². The second kappa shape index (κ2) is 32.0. The van der Waals surface area contributed by atoms with Crippen LogP contribution in [0.4, 0.5) is 13.2 Å². The third-order valence-electron chi connectivity index (χ3n) is 5.47. The van der Waals surface area contributed by atoms with Crippen molar-refractivity contribution >= 4 is 11.9 Å². The summed E-state index contributed by atoms with van der Waals surface area (Å²) in [4.78, 5) is 20.7. The topological polar surface area (TPSA) is 186 Å². The largest absolute Gasteiger partial charge is 0.508 e. The molecule has 0 radical (unpaired) electrons. The van der Waals surface area contributed by atoms with Crippen LogP contribution in [-0.4, -0.2) is 147 Å². The quantitative estimate of drug-likeness (QED) is 0.0855. The molecule has 0 unspecified atom stereocenters. The summed E-state index contributed by atoms with van der Waals surface area (Å²) in [5.74, 6) is -2.51. The van der Waals surface area contributed by atoms with E-state index in [1.165, 1.54) is 0 Å². The van der Waals surface area contributed by atoms with Crippen molar-refractivity contribution in [1.29, 1.82) is 0 Å². The summed E-state index contributed by atoms with van der Waals surface area (Å²) >= 11 is 0. The molecule has 0 atom stereocenters. The van der Waals surface area contributed by atoms with Crippen molar-refractivity contribution in [2.75, 3.05) is 119 Å². The van der Waals surface area contributed by atoms with Crippen LogP contribution in [-0.2, 0) is 53.9 Å². The number of carboxylic acids is 1. The monoisotopic (exact) mass is 688 g/mol. The first kappa shape index (κ1) is 44.4. The molecule has 1 rings (SSSR count). The summed E-state index contributed by atoms with van der Waals surface area (Å²) in [6, 6.07) is 6.98. The minimum absolute atomic E-state index is 0.0105. The number of benzene rings is 1. The summed E-state index contributed by atoms with van der Waals surface area (Å²) < 4.78 is 75.0. The number of phenolic OH excluding ortho intramolecular Hbond substituents is 1. The Morgan fingerprint density at radius 1 is 0.638 bits per heavy atom. The van der Waals surface area contributed by atoms with Crippen molar-refractivity contribution in [2.24, 2.45) is 5.73 Å². The zero-order valence-corrected chi connectivity index (χ0v) is 26.8. The Kier molecular flexibility index (Phi) is 30.2. The lowest BCUT2D eigenvalue weighted by molar-refractivity contribution is -0.192. The van der Waals surface area contributed by atoms with Gasteiger partial charge in [0.2, 0.25) is 5.91 Å². The van der Waals surface area contributed by atoms with E-state index in [1.807, 2.05) is 12.1 Å². The molecule has 0 saturated heterocycles. The average molecular weight is 689 g/mol. The number of ether oxygens (including phenoxy) is 8. The van der Waals surface area contributed by atoms with E-state index < -0.39 is 12.1 Å². The SMILES string of the molecule is NCCOCCOCCOCCOCCOCCOCCOCCOCCCC(=O)NCCc1ccc(O)cc1.O=C(O)C(F)(F)F. The first-order valence-electron chi connectivity index (χ1n) is 15.3. The lowest BCUT2D eigenvalue weighted by Gasteiger charge is -2.09. The number of alkyl halides is 3. The summed E-state index contributed by atoms with van der Waals surface area (Å²) in [7, 11) is 0. The van der Waals surface area contributed by atoms with Crippen LogP contribution in [0.3, 0.4) is 0 Å². The average Bonchev–Trinajstić information content (AvgIpc) is 3.03. The van der Waals surface area contributed by atoms with E-state index in [4.69, 9.17) is 53.5 Å². The maximum absolute atomic E-state index is 11.9. The number of aromatic hydroxyl groups is 1. The normalized spacial score (nSPS) is 11.2. The fourth-order valence-corrected chi connectivity index (χ4v) is 3.16. The van der Waals surface area contributed by atoms with E-state index in [0.29, 0.717) is 132 Å². The second-order valence-corrected chi connectivity index (χ2v) is 9.36. The van der Waals surface area contributed by atoms with E-state index in [0.717, 1.165) is 12.0 Å². The molecule has 0 aliphatic carbocycles. The van der Waals surface area contributed by atoms with Crippen LogP contribution < -0.4 is 11.1 Å². The third kappa shape index (κ3) is 33.1. The lowest BCUT2D eigenvalue weighted by atomic mass is 10.1. The summed E-state index contributed by atoms with van der Waals surface area (Å²) in [5.41, 5.74) is 6.39. The standard InChI is InChI=1S/C28H50N2O10.C2HF3O2/c29-8-11-34-13-15-36-17-19-38-21-23-40-25-24-39-22-20-37-18-16-35-14-12-33-10-1-2-28(32)30-9-7-26-3-5-27(31)6-4-26;3-2(4,5)1(6)7/h3-6,31H,1-2,7-25,29H2,(H,30,32);(H,6,7). The number of amides is 1. The maximum Gasteiger partial charge on any atom is 0.490 e. The molecule has 5 N–H and O–H groups in total. The number of nitrogens with two attached hydrogens (primary N) is 1. The highest BCUT2D eigenvalue weighted by Gasteiger charge is 2.38. The minimum atomic E-state index is -5.08. The van der Waals surface area contributed by atoms with Gasteiger partial charge in [0.1, 0.15) is 5.75 Å². The third-order valence-corrected chi connectivity index (χ3v) is 5.47. The Morgan fingerprint density at radius 2 is 0.979 bits per heavy atom. The smallest absolute Gasteiger partial charge is 0.490 e. The summed E-state index contributed by atoms with van der Waals surface area (Å²) in [5, 5.41) is 19.3. The van der Waals surface area contributed by atoms with E-state index in [2.05, 4.69) is 5.32 Å². The van der Waals surface area contributed by atoms with Crippen molar-refractivity contribution < 1.29 is 70.9 Å². The summed E-state index contributed by atoms with van der Waals surface area (Å²) in [6.45, 7) is 9.29. The molecule has 47 heavy (non-hydrogen) atoms. The number of hydrogen-bond donors (Lipinski definition) is 4. The van der Waals surface area contributed by atoms with Crippen molar-refractivity contribution in [1.82, 2.24) is 5.32 Å². The number of carbonyl (C=O) groups excluding carboxylic acids is 1. The fraction of sp³-hybridized carbons (Fsp3) is 0.733. The molecule has 0 spiro atoms. The molecule has 0 aliphatic heterocycles. The van der Waals surface area contributed by atoms with E-state index >= 15 is 0 Å². The van der Waals surface area contributed by atoms with Gasteiger partial charge in [0.05, 0.1) is 99.1 Å². The molecular formula is C30H51F3N2O12. The van der Waals surface area contributed by atoms with Gasteiger partial charge in [0.25, 0.3) is 0 Å². The van der Waals surface area contributed by atoms with Crippen molar-refractivity contribution in [3.63, 3.8) is 0 Å². The molecule has 1 aromatic carbocycles. The molecule has 0 bridgehead atoms. The molecule has 1 amide bonds. The van der Waals surface area contributed by atoms with Gasteiger partial charge in [-0.1, -0.05) is 12.1 Å². The molecule has 0 aromatic heterocycles. The van der Waals surface area contributed by atoms with Crippen LogP contribution in [0.1, 0.15) is 18.4 Å². The van der Waals surface area contributed by atoms with Crippen molar-refractivity contribution in [3.05, 3.63) is 29.8 Å². The van der Waals surface area contributed by atoms with Gasteiger partial charge >= 0.3 is 12.1 Å². The van der Waals surface area contributed by atoms with Crippen LogP contribution in [0, 0.1) is 0 Å². The molecule has 0 fully saturated rings. The Morgan fingerprint density at radius 3 is 1.32 bits per heavy atom. The van der Waals surface area contributed by atoms with Gasteiger partial charge in [-0.2, -0.15) is 13.2 Å². The number of carbonyl (C=O) groups is 2. The van der Waals surface area contributed by atoms with Gasteiger partial charge in [0.15, 0.2) is 0 Å². The number of halogens is 3. The first-order valence-corrected chi connectivity index (χ1v) is 15.3. The zero-order valence-electron chi connectivity index (χ0n) is 26.8. The number of nitrogens with one attached hydrogen (secondary N) is 1. The van der Waals surface area contributed by atoms with Crippen LogP contribution in [0.5, 0.6) is 5.75 Å². The van der Waals surface area contributed by atoms with Gasteiger partial charge in [-0.15, -0.1) is 0 Å². The maximum atomic E-state index is 11.9.